The number of likely N-dealkylation sites (tertiary alicyclic amines) is 1. The molecule has 98 valence electrons. The fourth-order valence-electron chi connectivity index (χ4n) is 2.11. The summed E-state index contributed by atoms with van der Waals surface area (Å²) in [4.78, 5) is 17.9. The normalized spacial score (nSPS) is 17.3. The van der Waals surface area contributed by atoms with Gasteiger partial charge in [-0.05, 0) is 38.3 Å². The number of hydrogen-bond donors (Lipinski definition) is 1. The Bertz CT molecular complexity index is 416. The van der Waals surface area contributed by atoms with Crippen LogP contribution in [0.4, 0.5) is 5.82 Å². The Morgan fingerprint density at radius 3 is 2.83 bits per heavy atom. The molecular formula is C13H19N3O2. The van der Waals surface area contributed by atoms with Crippen molar-refractivity contribution in [1.82, 2.24) is 9.88 Å². The van der Waals surface area contributed by atoms with Gasteiger partial charge < -0.3 is 15.4 Å². The maximum absolute atomic E-state index is 12.2. The van der Waals surface area contributed by atoms with E-state index in [1.54, 1.807) is 25.3 Å². The second-order valence-electron chi connectivity index (χ2n) is 4.53. The van der Waals surface area contributed by atoms with E-state index < -0.39 is 6.10 Å². The highest BCUT2D eigenvalue weighted by molar-refractivity contribution is 5.81. The number of nitrogens with zero attached hydrogens (tertiary/aromatic N) is 2. The Labute approximate surface area is 107 Å². The molecule has 0 aliphatic carbocycles. The number of carbonyl (C=O) groups excluding carboxylic acids is 1. The predicted octanol–water partition coefficient (Wildman–Crippen LogP) is 1.44. The van der Waals surface area contributed by atoms with Crippen LogP contribution in [0.1, 0.15) is 26.2 Å². The summed E-state index contributed by atoms with van der Waals surface area (Å²) >= 11 is 0. The molecule has 0 radical (unpaired) electrons. The summed E-state index contributed by atoms with van der Waals surface area (Å²) in [5.41, 5.74) is 5.69. The van der Waals surface area contributed by atoms with Gasteiger partial charge in [-0.15, -0.1) is 0 Å². The topological polar surface area (TPSA) is 68.5 Å². The molecule has 1 atom stereocenters. The first-order valence-corrected chi connectivity index (χ1v) is 6.34. The number of nitrogens with two attached hydrogens (primary N) is 1. The van der Waals surface area contributed by atoms with Crippen molar-refractivity contribution in [2.45, 2.75) is 32.3 Å². The van der Waals surface area contributed by atoms with E-state index in [1.165, 1.54) is 6.42 Å². The number of aromatic nitrogens is 1. The Morgan fingerprint density at radius 2 is 2.17 bits per heavy atom. The Balaban J connectivity index is 1.96. The van der Waals surface area contributed by atoms with Gasteiger partial charge in [-0.1, -0.05) is 0 Å². The molecule has 1 aliphatic rings. The van der Waals surface area contributed by atoms with Crippen LogP contribution in [-0.2, 0) is 4.79 Å². The number of rotatable bonds is 3. The molecule has 0 spiro atoms. The van der Waals surface area contributed by atoms with E-state index in [1.807, 2.05) is 4.90 Å². The van der Waals surface area contributed by atoms with Crippen molar-refractivity contribution in [3.05, 3.63) is 18.3 Å². The van der Waals surface area contributed by atoms with Gasteiger partial charge in [0.1, 0.15) is 0 Å². The second-order valence-corrected chi connectivity index (χ2v) is 4.53. The molecule has 1 aliphatic heterocycles. The third-order valence-electron chi connectivity index (χ3n) is 3.12. The molecule has 2 heterocycles. The number of piperidine rings is 1. The number of pyridine rings is 1. The first kappa shape index (κ1) is 12.7. The van der Waals surface area contributed by atoms with Gasteiger partial charge in [-0.3, -0.25) is 4.79 Å². The fraction of sp³-hybridized carbons (Fsp3) is 0.538. The molecule has 0 saturated carbocycles. The number of amides is 1. The molecule has 1 aromatic rings. The van der Waals surface area contributed by atoms with Crippen LogP contribution < -0.4 is 10.5 Å². The predicted molar refractivity (Wildman–Crippen MR) is 69.2 cm³/mol. The molecule has 5 nitrogen and oxygen atoms in total. The molecule has 2 N–H and O–H groups in total. The average Bonchev–Trinajstić information content (AvgIpc) is 2.41. The van der Waals surface area contributed by atoms with E-state index in [-0.39, 0.29) is 5.91 Å². The zero-order valence-corrected chi connectivity index (χ0v) is 10.6. The first-order valence-electron chi connectivity index (χ1n) is 6.34. The van der Waals surface area contributed by atoms with E-state index in [2.05, 4.69) is 4.98 Å². The largest absolute Gasteiger partial charge is 0.477 e. The number of anilines is 1. The monoisotopic (exact) mass is 249 g/mol. The summed E-state index contributed by atoms with van der Waals surface area (Å²) < 4.78 is 5.58. The molecule has 1 unspecified atom stereocenters. The van der Waals surface area contributed by atoms with Crippen LogP contribution in [-0.4, -0.2) is 35.0 Å². The lowest BCUT2D eigenvalue weighted by atomic mass is 10.1. The average molecular weight is 249 g/mol. The molecule has 1 aromatic heterocycles. The van der Waals surface area contributed by atoms with Gasteiger partial charge in [0.05, 0.1) is 0 Å². The molecule has 0 aromatic carbocycles. The highest BCUT2D eigenvalue weighted by Gasteiger charge is 2.23. The van der Waals surface area contributed by atoms with Crippen LogP contribution in [0.5, 0.6) is 5.75 Å². The summed E-state index contributed by atoms with van der Waals surface area (Å²) in [5, 5.41) is 0. The lowest BCUT2D eigenvalue weighted by molar-refractivity contribution is -0.138. The van der Waals surface area contributed by atoms with Gasteiger partial charge in [0.2, 0.25) is 0 Å². The Morgan fingerprint density at radius 1 is 1.44 bits per heavy atom. The molecule has 5 heteroatoms. The minimum atomic E-state index is -0.519. The third kappa shape index (κ3) is 2.91. The molecule has 1 amide bonds. The van der Waals surface area contributed by atoms with Crippen LogP contribution in [0.3, 0.4) is 0 Å². The zero-order valence-electron chi connectivity index (χ0n) is 10.6. The third-order valence-corrected chi connectivity index (χ3v) is 3.12. The van der Waals surface area contributed by atoms with E-state index in [0.717, 1.165) is 25.9 Å². The van der Waals surface area contributed by atoms with Crippen molar-refractivity contribution in [2.75, 3.05) is 18.8 Å². The fourth-order valence-corrected chi connectivity index (χ4v) is 2.11. The summed E-state index contributed by atoms with van der Waals surface area (Å²) in [7, 11) is 0. The van der Waals surface area contributed by atoms with Crippen LogP contribution in [0.25, 0.3) is 0 Å². The number of nitrogen functional groups attached to an aromatic ring is 1. The number of hydrogen-bond acceptors (Lipinski definition) is 4. The highest BCUT2D eigenvalue weighted by atomic mass is 16.5. The quantitative estimate of drug-likeness (QED) is 0.880. The summed E-state index contributed by atoms with van der Waals surface area (Å²) in [6.45, 7) is 3.41. The summed E-state index contributed by atoms with van der Waals surface area (Å²) in [6, 6.07) is 3.46. The summed E-state index contributed by atoms with van der Waals surface area (Å²) in [5.74, 6) is 0.809. The van der Waals surface area contributed by atoms with Crippen molar-refractivity contribution in [2.24, 2.45) is 0 Å². The van der Waals surface area contributed by atoms with Crippen molar-refractivity contribution in [1.29, 1.82) is 0 Å². The van der Waals surface area contributed by atoms with E-state index in [4.69, 9.17) is 10.5 Å². The Hall–Kier alpha value is -1.78. The van der Waals surface area contributed by atoms with Gasteiger partial charge in [0.25, 0.3) is 5.91 Å². The first-order chi connectivity index (χ1) is 8.68. The van der Waals surface area contributed by atoms with Crippen molar-refractivity contribution < 1.29 is 9.53 Å². The van der Waals surface area contributed by atoms with Gasteiger partial charge in [-0.25, -0.2) is 4.98 Å². The highest BCUT2D eigenvalue weighted by Crippen LogP contribution is 2.19. The zero-order chi connectivity index (χ0) is 13.0. The molecule has 18 heavy (non-hydrogen) atoms. The maximum Gasteiger partial charge on any atom is 0.263 e. The molecular weight excluding hydrogens is 230 g/mol. The lowest BCUT2D eigenvalue weighted by Crippen LogP contribution is -2.43. The Kier molecular flexibility index (Phi) is 4.02. The summed E-state index contributed by atoms with van der Waals surface area (Å²) in [6.07, 6.45) is 4.43. The van der Waals surface area contributed by atoms with E-state index >= 15 is 0 Å². The standard InChI is InChI=1S/C13H19N3O2/c1-10(13(17)16-8-3-2-4-9-16)18-11-6-5-7-15-12(11)14/h5-7,10H,2-4,8-9H2,1H3,(H2,14,15). The van der Waals surface area contributed by atoms with Crippen LogP contribution >= 0.6 is 0 Å². The maximum atomic E-state index is 12.2. The minimum Gasteiger partial charge on any atom is -0.477 e. The van der Waals surface area contributed by atoms with Crippen molar-refractivity contribution >= 4 is 11.7 Å². The second kappa shape index (κ2) is 5.71. The molecule has 0 bridgehead atoms. The number of ether oxygens (including phenoxy) is 1. The smallest absolute Gasteiger partial charge is 0.263 e. The van der Waals surface area contributed by atoms with Gasteiger partial charge in [-0.2, -0.15) is 0 Å². The van der Waals surface area contributed by atoms with E-state index in [0.29, 0.717) is 11.6 Å². The van der Waals surface area contributed by atoms with Crippen LogP contribution in [0.15, 0.2) is 18.3 Å². The van der Waals surface area contributed by atoms with Gasteiger partial charge in [0, 0.05) is 19.3 Å². The molecule has 1 fully saturated rings. The molecule has 1 saturated heterocycles. The van der Waals surface area contributed by atoms with Gasteiger partial charge >= 0.3 is 0 Å². The van der Waals surface area contributed by atoms with Crippen LogP contribution in [0, 0.1) is 0 Å². The van der Waals surface area contributed by atoms with Crippen molar-refractivity contribution in [3.8, 4) is 5.75 Å². The molecule has 2 rings (SSSR count). The minimum absolute atomic E-state index is 0.0259. The SMILES string of the molecule is CC(Oc1cccnc1N)C(=O)N1CCCCC1. The van der Waals surface area contributed by atoms with Gasteiger partial charge in [0.15, 0.2) is 17.7 Å². The van der Waals surface area contributed by atoms with Crippen LogP contribution in [0.2, 0.25) is 0 Å². The van der Waals surface area contributed by atoms with E-state index in [9.17, 15) is 4.79 Å². The number of carbonyl (C=O) groups is 1. The lowest BCUT2D eigenvalue weighted by Gasteiger charge is -2.29. The van der Waals surface area contributed by atoms with Crippen molar-refractivity contribution in [3.63, 3.8) is 0 Å².